The van der Waals surface area contributed by atoms with Gasteiger partial charge in [0.15, 0.2) is 5.96 Å². The Labute approximate surface area is 153 Å². The fraction of sp³-hybridized carbons (Fsp3) is 0.312. The van der Waals surface area contributed by atoms with Crippen molar-refractivity contribution in [2.24, 2.45) is 4.99 Å². The summed E-state index contributed by atoms with van der Waals surface area (Å²) in [4.78, 5) is 4.24. The topological polar surface area (TPSA) is 45.6 Å². The van der Waals surface area contributed by atoms with E-state index in [4.69, 9.17) is 4.74 Å². The van der Waals surface area contributed by atoms with Crippen LogP contribution in [0.2, 0.25) is 0 Å². The van der Waals surface area contributed by atoms with E-state index in [2.05, 4.69) is 38.5 Å². The second-order valence-electron chi connectivity index (χ2n) is 4.45. The zero-order valence-electron chi connectivity index (χ0n) is 12.8. The highest BCUT2D eigenvalue weighted by molar-refractivity contribution is 14.0. The molecular weight excluding hydrogens is 409 g/mol. The van der Waals surface area contributed by atoms with Crippen molar-refractivity contribution in [3.63, 3.8) is 0 Å². The van der Waals surface area contributed by atoms with Crippen LogP contribution in [0.25, 0.3) is 0 Å². The predicted octanol–water partition coefficient (Wildman–Crippen LogP) is 3.63. The minimum atomic E-state index is 0. The number of benzene rings is 1. The number of rotatable bonds is 6. The number of thiophene rings is 1. The molecule has 0 radical (unpaired) electrons. The van der Waals surface area contributed by atoms with Crippen LogP contribution in [0.4, 0.5) is 0 Å². The molecule has 0 amide bonds. The molecule has 0 bridgehead atoms. The maximum Gasteiger partial charge on any atom is 0.191 e. The summed E-state index contributed by atoms with van der Waals surface area (Å²) in [5.41, 5.74) is 2.38. The first kappa shape index (κ1) is 18.8. The fourth-order valence-corrected chi connectivity index (χ4v) is 2.59. The van der Waals surface area contributed by atoms with Crippen LogP contribution in [0.3, 0.4) is 0 Å². The Kier molecular flexibility index (Phi) is 8.91. The van der Waals surface area contributed by atoms with E-state index in [1.165, 1.54) is 5.56 Å². The van der Waals surface area contributed by atoms with Crippen molar-refractivity contribution in [1.82, 2.24) is 10.6 Å². The SMILES string of the molecule is CCOc1ccccc1CNC(=NC)NCc1ccsc1.I. The zero-order valence-corrected chi connectivity index (χ0v) is 16.0. The number of aliphatic imine (C=N–C) groups is 1. The van der Waals surface area contributed by atoms with Gasteiger partial charge in [-0.1, -0.05) is 18.2 Å². The molecule has 0 aliphatic rings. The van der Waals surface area contributed by atoms with Crippen molar-refractivity contribution in [2.75, 3.05) is 13.7 Å². The summed E-state index contributed by atoms with van der Waals surface area (Å²) in [7, 11) is 1.78. The van der Waals surface area contributed by atoms with E-state index in [9.17, 15) is 0 Å². The van der Waals surface area contributed by atoms with Crippen LogP contribution in [0.15, 0.2) is 46.1 Å². The molecule has 22 heavy (non-hydrogen) atoms. The van der Waals surface area contributed by atoms with Gasteiger partial charge in [0, 0.05) is 25.7 Å². The second-order valence-corrected chi connectivity index (χ2v) is 5.23. The predicted molar refractivity (Wildman–Crippen MR) is 104 cm³/mol. The van der Waals surface area contributed by atoms with Crippen molar-refractivity contribution < 1.29 is 4.74 Å². The molecule has 0 spiro atoms. The monoisotopic (exact) mass is 431 g/mol. The lowest BCUT2D eigenvalue weighted by Gasteiger charge is -2.14. The van der Waals surface area contributed by atoms with Gasteiger partial charge in [0.25, 0.3) is 0 Å². The Morgan fingerprint density at radius 1 is 1.18 bits per heavy atom. The van der Waals surface area contributed by atoms with Crippen molar-refractivity contribution in [2.45, 2.75) is 20.0 Å². The van der Waals surface area contributed by atoms with E-state index in [1.54, 1.807) is 18.4 Å². The lowest BCUT2D eigenvalue weighted by molar-refractivity contribution is 0.336. The number of ether oxygens (including phenoxy) is 1. The first-order valence-electron chi connectivity index (χ1n) is 6.99. The molecule has 120 valence electrons. The van der Waals surface area contributed by atoms with Gasteiger partial charge in [-0.15, -0.1) is 24.0 Å². The van der Waals surface area contributed by atoms with E-state index >= 15 is 0 Å². The van der Waals surface area contributed by atoms with E-state index in [-0.39, 0.29) is 24.0 Å². The average molecular weight is 431 g/mol. The molecule has 2 aromatic rings. The third-order valence-corrected chi connectivity index (χ3v) is 3.71. The summed E-state index contributed by atoms with van der Waals surface area (Å²) >= 11 is 1.70. The van der Waals surface area contributed by atoms with E-state index in [1.807, 2.05) is 25.1 Å². The highest BCUT2D eigenvalue weighted by atomic mass is 127. The third-order valence-electron chi connectivity index (χ3n) is 2.98. The molecule has 0 saturated carbocycles. The van der Waals surface area contributed by atoms with Gasteiger partial charge in [-0.3, -0.25) is 4.99 Å². The molecular formula is C16H22IN3OS. The standard InChI is InChI=1S/C16H21N3OS.HI/c1-3-20-15-7-5-4-6-14(15)11-19-16(17-2)18-10-13-8-9-21-12-13;/h4-9,12H,3,10-11H2,1-2H3,(H2,17,18,19);1H. The van der Waals surface area contributed by atoms with E-state index in [0.717, 1.165) is 23.8 Å². The molecule has 0 aliphatic carbocycles. The largest absolute Gasteiger partial charge is 0.494 e. The lowest BCUT2D eigenvalue weighted by Crippen LogP contribution is -2.36. The summed E-state index contributed by atoms with van der Waals surface area (Å²) in [5.74, 6) is 1.70. The van der Waals surface area contributed by atoms with Gasteiger partial charge < -0.3 is 15.4 Å². The lowest BCUT2D eigenvalue weighted by atomic mass is 10.2. The van der Waals surface area contributed by atoms with Crippen molar-refractivity contribution in [1.29, 1.82) is 0 Å². The van der Waals surface area contributed by atoms with Gasteiger partial charge in [0.2, 0.25) is 0 Å². The molecule has 6 heteroatoms. The molecule has 0 aliphatic heterocycles. The zero-order chi connectivity index (χ0) is 14.9. The maximum absolute atomic E-state index is 5.62. The average Bonchev–Trinajstić information content (AvgIpc) is 3.02. The van der Waals surface area contributed by atoms with Crippen LogP contribution in [0, 0.1) is 0 Å². The Morgan fingerprint density at radius 2 is 1.95 bits per heavy atom. The first-order chi connectivity index (χ1) is 10.3. The quantitative estimate of drug-likeness (QED) is 0.417. The maximum atomic E-state index is 5.62. The minimum Gasteiger partial charge on any atom is -0.494 e. The summed E-state index contributed by atoms with van der Waals surface area (Å²) < 4.78 is 5.62. The molecule has 0 saturated heterocycles. The van der Waals surface area contributed by atoms with Crippen molar-refractivity contribution >= 4 is 41.3 Å². The highest BCUT2D eigenvalue weighted by Gasteiger charge is 2.04. The van der Waals surface area contributed by atoms with Gasteiger partial charge >= 0.3 is 0 Å². The third kappa shape index (κ3) is 5.84. The number of hydrogen-bond acceptors (Lipinski definition) is 3. The van der Waals surface area contributed by atoms with E-state index < -0.39 is 0 Å². The Morgan fingerprint density at radius 3 is 2.64 bits per heavy atom. The summed E-state index contributed by atoms with van der Waals surface area (Å²) in [5, 5.41) is 10.8. The van der Waals surface area contributed by atoms with Crippen LogP contribution >= 0.6 is 35.3 Å². The fourth-order valence-electron chi connectivity index (χ4n) is 1.92. The number of para-hydroxylation sites is 1. The molecule has 0 unspecified atom stereocenters. The minimum absolute atomic E-state index is 0. The number of halogens is 1. The normalized spacial score (nSPS) is 10.7. The Hall–Kier alpha value is -1.28. The summed E-state index contributed by atoms with van der Waals surface area (Å²) in [6.45, 7) is 4.11. The van der Waals surface area contributed by atoms with E-state index in [0.29, 0.717) is 13.2 Å². The summed E-state index contributed by atoms with van der Waals surface area (Å²) in [6, 6.07) is 10.2. The van der Waals surface area contributed by atoms with Crippen LogP contribution < -0.4 is 15.4 Å². The molecule has 4 nitrogen and oxygen atoms in total. The molecule has 0 atom stereocenters. The molecule has 1 aromatic heterocycles. The second kappa shape index (κ2) is 10.4. The van der Waals surface area contributed by atoms with Gasteiger partial charge in [-0.25, -0.2) is 0 Å². The van der Waals surface area contributed by atoms with Crippen LogP contribution in [0.1, 0.15) is 18.1 Å². The van der Waals surface area contributed by atoms with Crippen molar-refractivity contribution in [3.05, 3.63) is 52.2 Å². The number of nitrogens with zero attached hydrogens (tertiary/aromatic N) is 1. The Bertz CT molecular complexity index is 573. The van der Waals surface area contributed by atoms with Gasteiger partial charge in [-0.2, -0.15) is 11.3 Å². The van der Waals surface area contributed by atoms with Crippen LogP contribution in [0.5, 0.6) is 5.75 Å². The molecule has 1 heterocycles. The van der Waals surface area contributed by atoms with Gasteiger partial charge in [0.05, 0.1) is 6.61 Å². The van der Waals surface area contributed by atoms with Gasteiger partial charge in [-0.05, 0) is 35.4 Å². The molecule has 1 aromatic carbocycles. The number of guanidine groups is 1. The van der Waals surface area contributed by atoms with Crippen molar-refractivity contribution in [3.8, 4) is 5.75 Å². The molecule has 0 fully saturated rings. The molecule has 2 N–H and O–H groups in total. The summed E-state index contributed by atoms with van der Waals surface area (Å²) in [6.07, 6.45) is 0. The number of nitrogens with one attached hydrogen (secondary N) is 2. The Balaban J connectivity index is 0.00000242. The molecule has 2 rings (SSSR count). The first-order valence-corrected chi connectivity index (χ1v) is 7.94. The highest BCUT2D eigenvalue weighted by Crippen LogP contribution is 2.17. The van der Waals surface area contributed by atoms with Crippen LogP contribution in [-0.2, 0) is 13.1 Å². The van der Waals surface area contributed by atoms with Crippen LogP contribution in [-0.4, -0.2) is 19.6 Å². The smallest absolute Gasteiger partial charge is 0.191 e. The number of hydrogen-bond donors (Lipinski definition) is 2. The van der Waals surface area contributed by atoms with Gasteiger partial charge in [0.1, 0.15) is 5.75 Å².